The highest BCUT2D eigenvalue weighted by Gasteiger charge is 2.33. The summed E-state index contributed by atoms with van der Waals surface area (Å²) in [4.78, 5) is 34.4. The van der Waals surface area contributed by atoms with Gasteiger partial charge in [-0.1, -0.05) is 0 Å². The molecule has 1 heterocycles. The number of halogens is 2. The predicted octanol–water partition coefficient (Wildman–Crippen LogP) is 2.04. The maximum atomic E-state index is 13.4. The monoisotopic (exact) mass is 360 g/mol. The number of hydrogen-bond acceptors (Lipinski definition) is 4. The minimum Gasteiger partial charge on any atom is -0.481 e. The lowest BCUT2D eigenvalue weighted by atomic mass is 10.1. The molecule has 21 heavy (non-hydrogen) atoms. The Bertz CT molecular complexity index is 636. The molecule has 0 aliphatic carbocycles. The van der Waals surface area contributed by atoms with Crippen LogP contribution in [0.1, 0.15) is 16.8 Å². The first-order chi connectivity index (χ1) is 9.81. The maximum absolute atomic E-state index is 13.4. The minimum absolute atomic E-state index is 0.00488. The number of nitro benzene ring substituents is 1. The summed E-state index contributed by atoms with van der Waals surface area (Å²) in [6.07, 6.45) is 0.302. The molecule has 1 aliphatic heterocycles. The molecule has 1 aromatic carbocycles. The molecule has 1 saturated heterocycles. The standard InChI is InChI=1S/C12H10BrFN2O5/c13-10-8(3-7(14)4-9(10)16(20)21)11(17)15-2-1-6(5-15)12(18)19/h3-4,6H,1-2,5H2,(H,18,19). The summed E-state index contributed by atoms with van der Waals surface area (Å²) in [5.74, 6) is -3.21. The van der Waals surface area contributed by atoms with Crippen LogP contribution < -0.4 is 0 Å². The summed E-state index contributed by atoms with van der Waals surface area (Å²) in [7, 11) is 0. The highest BCUT2D eigenvalue weighted by atomic mass is 79.9. The number of benzene rings is 1. The number of likely N-dealkylation sites (tertiary alicyclic amines) is 1. The van der Waals surface area contributed by atoms with Crippen molar-refractivity contribution in [3.05, 3.63) is 38.1 Å². The van der Waals surface area contributed by atoms with E-state index in [1.165, 1.54) is 4.90 Å². The average Bonchev–Trinajstić information content (AvgIpc) is 2.89. The molecule has 0 bridgehead atoms. The van der Waals surface area contributed by atoms with Crippen molar-refractivity contribution in [2.75, 3.05) is 13.1 Å². The number of carbonyl (C=O) groups excluding carboxylic acids is 1. The second-order valence-corrected chi connectivity index (χ2v) is 5.41. The summed E-state index contributed by atoms with van der Waals surface area (Å²) in [6, 6.07) is 1.61. The molecule has 9 heteroatoms. The van der Waals surface area contributed by atoms with Gasteiger partial charge in [0.05, 0.1) is 22.5 Å². The molecular formula is C12H10BrFN2O5. The zero-order valence-corrected chi connectivity index (χ0v) is 12.2. The van der Waals surface area contributed by atoms with Gasteiger partial charge in [0.2, 0.25) is 0 Å². The van der Waals surface area contributed by atoms with E-state index in [-0.39, 0.29) is 23.1 Å². The first-order valence-electron chi connectivity index (χ1n) is 5.96. The van der Waals surface area contributed by atoms with Crippen LogP contribution in [0.25, 0.3) is 0 Å². The summed E-state index contributed by atoms with van der Waals surface area (Å²) < 4.78 is 13.3. The van der Waals surface area contributed by atoms with E-state index in [2.05, 4.69) is 15.9 Å². The molecule has 112 valence electrons. The highest BCUT2D eigenvalue weighted by Crippen LogP contribution is 2.31. The minimum atomic E-state index is -1.01. The van der Waals surface area contributed by atoms with Gasteiger partial charge in [0.25, 0.3) is 11.6 Å². The van der Waals surface area contributed by atoms with E-state index in [0.717, 1.165) is 6.07 Å². The fraction of sp³-hybridized carbons (Fsp3) is 0.333. The Hall–Kier alpha value is -2.03. The first-order valence-corrected chi connectivity index (χ1v) is 6.76. The highest BCUT2D eigenvalue weighted by molar-refractivity contribution is 9.10. The number of aliphatic carboxylic acids is 1. The zero-order valence-electron chi connectivity index (χ0n) is 10.6. The van der Waals surface area contributed by atoms with E-state index in [1.54, 1.807) is 0 Å². The molecule has 1 aliphatic rings. The molecule has 0 aromatic heterocycles. The number of hydrogen-bond donors (Lipinski definition) is 1. The summed E-state index contributed by atoms with van der Waals surface area (Å²) in [5.41, 5.74) is -0.736. The zero-order chi connectivity index (χ0) is 15.7. The lowest BCUT2D eigenvalue weighted by molar-refractivity contribution is -0.385. The van der Waals surface area contributed by atoms with E-state index in [0.29, 0.717) is 12.5 Å². The van der Waals surface area contributed by atoms with Gasteiger partial charge in [-0.3, -0.25) is 19.7 Å². The number of nitro groups is 1. The van der Waals surface area contributed by atoms with Crippen molar-refractivity contribution >= 4 is 33.5 Å². The van der Waals surface area contributed by atoms with E-state index in [4.69, 9.17) is 5.11 Å². The number of nitrogens with zero attached hydrogens (tertiary/aromatic N) is 2. The number of carboxylic acids is 1. The van der Waals surface area contributed by atoms with Gasteiger partial charge in [0.1, 0.15) is 10.3 Å². The van der Waals surface area contributed by atoms with Crippen molar-refractivity contribution in [1.82, 2.24) is 4.90 Å². The average molecular weight is 361 g/mol. The molecule has 1 amide bonds. The smallest absolute Gasteiger partial charge is 0.308 e. The van der Waals surface area contributed by atoms with Crippen molar-refractivity contribution in [1.29, 1.82) is 0 Å². The number of carboxylic acid groups (broad SMARTS) is 1. The van der Waals surface area contributed by atoms with Crippen LogP contribution in [-0.2, 0) is 4.79 Å². The quantitative estimate of drug-likeness (QED) is 0.656. The molecular weight excluding hydrogens is 351 g/mol. The molecule has 0 radical (unpaired) electrons. The molecule has 0 saturated carbocycles. The third kappa shape index (κ3) is 3.02. The van der Waals surface area contributed by atoms with E-state index < -0.39 is 34.2 Å². The molecule has 1 atom stereocenters. The van der Waals surface area contributed by atoms with E-state index >= 15 is 0 Å². The second-order valence-electron chi connectivity index (χ2n) is 4.62. The van der Waals surface area contributed by atoms with Gasteiger partial charge < -0.3 is 10.0 Å². The normalized spacial score (nSPS) is 17.8. The number of amides is 1. The van der Waals surface area contributed by atoms with E-state index in [1.807, 2.05) is 0 Å². The van der Waals surface area contributed by atoms with Gasteiger partial charge in [-0.05, 0) is 28.4 Å². The van der Waals surface area contributed by atoms with Crippen LogP contribution >= 0.6 is 15.9 Å². The van der Waals surface area contributed by atoms with Gasteiger partial charge in [-0.15, -0.1) is 0 Å². The molecule has 1 aromatic rings. The Morgan fingerprint density at radius 3 is 2.67 bits per heavy atom. The molecule has 1 N–H and O–H groups in total. The van der Waals surface area contributed by atoms with Crippen molar-refractivity contribution in [2.45, 2.75) is 6.42 Å². The Balaban J connectivity index is 2.32. The van der Waals surface area contributed by atoms with Crippen LogP contribution in [-0.4, -0.2) is 39.9 Å². The fourth-order valence-corrected chi connectivity index (χ4v) is 2.72. The van der Waals surface area contributed by atoms with Crippen molar-refractivity contribution < 1.29 is 24.0 Å². The maximum Gasteiger partial charge on any atom is 0.308 e. The van der Waals surface area contributed by atoms with Crippen LogP contribution in [0.4, 0.5) is 10.1 Å². The number of rotatable bonds is 3. The Morgan fingerprint density at radius 1 is 1.48 bits per heavy atom. The fourth-order valence-electron chi connectivity index (χ4n) is 2.18. The molecule has 0 spiro atoms. The topological polar surface area (TPSA) is 101 Å². The van der Waals surface area contributed by atoms with Gasteiger partial charge in [0.15, 0.2) is 0 Å². The predicted molar refractivity (Wildman–Crippen MR) is 72.4 cm³/mol. The Labute approximate surface area is 126 Å². The van der Waals surface area contributed by atoms with Gasteiger partial charge in [-0.25, -0.2) is 4.39 Å². The van der Waals surface area contributed by atoms with Crippen molar-refractivity contribution in [2.24, 2.45) is 5.92 Å². The van der Waals surface area contributed by atoms with Gasteiger partial charge in [-0.2, -0.15) is 0 Å². The Morgan fingerprint density at radius 2 is 2.14 bits per heavy atom. The lowest BCUT2D eigenvalue weighted by Crippen LogP contribution is -2.30. The molecule has 7 nitrogen and oxygen atoms in total. The largest absolute Gasteiger partial charge is 0.481 e. The van der Waals surface area contributed by atoms with E-state index in [9.17, 15) is 24.1 Å². The summed E-state index contributed by atoms with van der Waals surface area (Å²) >= 11 is 2.94. The first kappa shape index (κ1) is 15.4. The van der Waals surface area contributed by atoms with Crippen LogP contribution in [0.3, 0.4) is 0 Å². The van der Waals surface area contributed by atoms with Crippen LogP contribution in [0.5, 0.6) is 0 Å². The number of carbonyl (C=O) groups is 2. The lowest BCUT2D eigenvalue weighted by Gasteiger charge is -2.16. The van der Waals surface area contributed by atoms with Crippen LogP contribution in [0, 0.1) is 21.8 Å². The summed E-state index contributed by atoms with van der Waals surface area (Å²) in [6.45, 7) is 0.220. The molecule has 1 unspecified atom stereocenters. The van der Waals surface area contributed by atoms with Crippen LogP contribution in [0.2, 0.25) is 0 Å². The van der Waals surface area contributed by atoms with Crippen LogP contribution in [0.15, 0.2) is 16.6 Å². The van der Waals surface area contributed by atoms with Gasteiger partial charge >= 0.3 is 5.97 Å². The SMILES string of the molecule is O=C(O)C1CCN(C(=O)c2cc(F)cc([N+](=O)[O-])c2Br)C1. The third-order valence-electron chi connectivity index (χ3n) is 3.27. The van der Waals surface area contributed by atoms with Gasteiger partial charge in [0, 0.05) is 13.1 Å². The summed E-state index contributed by atoms with van der Waals surface area (Å²) in [5, 5.41) is 19.7. The molecule has 1 fully saturated rings. The third-order valence-corrected chi connectivity index (χ3v) is 4.10. The molecule has 2 rings (SSSR count). The Kier molecular flexibility index (Phi) is 4.21. The second kappa shape index (κ2) is 5.76. The van der Waals surface area contributed by atoms with Crippen molar-refractivity contribution in [3.63, 3.8) is 0 Å². The van der Waals surface area contributed by atoms with Crippen molar-refractivity contribution in [3.8, 4) is 0 Å².